The van der Waals surface area contributed by atoms with E-state index >= 15 is 0 Å². The predicted molar refractivity (Wildman–Crippen MR) is 103 cm³/mol. The molecule has 0 unspecified atom stereocenters. The number of hydrogen-bond acceptors (Lipinski definition) is 5. The molecule has 1 atom stereocenters. The normalized spacial score (nSPS) is 17.0. The van der Waals surface area contributed by atoms with Crippen LogP contribution in [0.4, 0.5) is 11.6 Å². The largest absolute Gasteiger partial charge is 0.467 e. The maximum absolute atomic E-state index is 12.2. The lowest BCUT2D eigenvalue weighted by Crippen LogP contribution is -2.35. The van der Waals surface area contributed by atoms with E-state index in [1.54, 1.807) is 6.07 Å². The van der Waals surface area contributed by atoms with Crippen molar-refractivity contribution < 1.29 is 9.53 Å². The quantitative estimate of drug-likeness (QED) is 0.892. The number of hydrogen-bond donors (Lipinski definition) is 1. The van der Waals surface area contributed by atoms with Crippen molar-refractivity contribution in [1.82, 2.24) is 9.97 Å². The average Bonchev–Trinajstić information content (AvgIpc) is 2.61. The van der Waals surface area contributed by atoms with Crippen LogP contribution in [-0.4, -0.2) is 35.6 Å². The van der Waals surface area contributed by atoms with Gasteiger partial charge in [-0.1, -0.05) is 25.1 Å². The summed E-state index contributed by atoms with van der Waals surface area (Å²) in [5, 5.41) is 2.86. The molecule has 26 heavy (non-hydrogen) atoms. The minimum Gasteiger partial charge on any atom is -0.467 e. The molecule has 6 nitrogen and oxygen atoms in total. The molecule has 0 radical (unpaired) electrons. The Morgan fingerprint density at radius 2 is 2.12 bits per heavy atom. The zero-order chi connectivity index (χ0) is 18.5. The Balaban J connectivity index is 1.62. The van der Waals surface area contributed by atoms with Crippen LogP contribution >= 0.6 is 0 Å². The van der Waals surface area contributed by atoms with Crippen molar-refractivity contribution in [2.75, 3.05) is 29.9 Å². The summed E-state index contributed by atoms with van der Waals surface area (Å²) in [5.74, 6) is 1.55. The van der Waals surface area contributed by atoms with Gasteiger partial charge in [0.25, 0.3) is 5.91 Å². The lowest BCUT2D eigenvalue weighted by atomic mass is 10.0. The van der Waals surface area contributed by atoms with Crippen molar-refractivity contribution in [2.24, 2.45) is 5.92 Å². The highest BCUT2D eigenvalue weighted by Crippen LogP contribution is 2.22. The number of para-hydroxylation sites is 1. The lowest BCUT2D eigenvalue weighted by Gasteiger charge is -2.31. The second kappa shape index (κ2) is 8.17. The minimum atomic E-state index is -0.205. The highest BCUT2D eigenvalue weighted by atomic mass is 16.5. The van der Waals surface area contributed by atoms with Gasteiger partial charge in [-0.2, -0.15) is 4.98 Å². The molecule has 1 N–H and O–H groups in total. The molecule has 1 aliphatic rings. The van der Waals surface area contributed by atoms with Gasteiger partial charge in [-0.15, -0.1) is 0 Å². The van der Waals surface area contributed by atoms with Crippen LogP contribution < -0.4 is 15.0 Å². The molecule has 0 bridgehead atoms. The zero-order valence-corrected chi connectivity index (χ0v) is 15.7. The molecule has 2 aromatic rings. The van der Waals surface area contributed by atoms with E-state index in [9.17, 15) is 4.79 Å². The van der Waals surface area contributed by atoms with Crippen molar-refractivity contribution >= 4 is 17.5 Å². The Hall–Kier alpha value is -2.63. The summed E-state index contributed by atoms with van der Waals surface area (Å²) in [5.41, 5.74) is 2.64. The molecule has 3 rings (SSSR count). The summed E-state index contributed by atoms with van der Waals surface area (Å²) >= 11 is 0. The van der Waals surface area contributed by atoms with Crippen LogP contribution in [0.5, 0.6) is 5.88 Å². The lowest BCUT2D eigenvalue weighted by molar-refractivity contribution is -0.118. The Labute approximate surface area is 154 Å². The van der Waals surface area contributed by atoms with E-state index in [1.165, 1.54) is 6.42 Å². The van der Waals surface area contributed by atoms with E-state index in [-0.39, 0.29) is 12.5 Å². The summed E-state index contributed by atoms with van der Waals surface area (Å²) in [6, 6.07) is 9.42. The molecule has 0 spiro atoms. The molecule has 0 saturated carbocycles. The van der Waals surface area contributed by atoms with E-state index in [1.807, 2.05) is 38.1 Å². The summed E-state index contributed by atoms with van der Waals surface area (Å²) in [6.45, 7) is 7.95. The smallest absolute Gasteiger partial charge is 0.262 e. The first-order valence-corrected chi connectivity index (χ1v) is 9.10. The number of nitrogens with one attached hydrogen (secondary N) is 1. The van der Waals surface area contributed by atoms with Gasteiger partial charge < -0.3 is 15.0 Å². The fourth-order valence-corrected chi connectivity index (χ4v) is 3.15. The third kappa shape index (κ3) is 4.71. The number of benzene rings is 1. The zero-order valence-electron chi connectivity index (χ0n) is 15.7. The highest BCUT2D eigenvalue weighted by molar-refractivity contribution is 5.92. The number of carbonyl (C=O) groups excluding carboxylic acids is 1. The standard InChI is InChI=1S/C20H26N4O2/c1-14-7-6-10-24(12-14)20-21-16(3)11-19(23-20)26-13-18(25)22-17-9-5-4-8-15(17)2/h4-5,8-9,11,14H,6-7,10,12-13H2,1-3H3,(H,22,25)/t14-/m1/s1. The monoisotopic (exact) mass is 354 g/mol. The first kappa shape index (κ1) is 18.2. The fourth-order valence-electron chi connectivity index (χ4n) is 3.15. The summed E-state index contributed by atoms with van der Waals surface area (Å²) in [6.07, 6.45) is 2.39. The van der Waals surface area contributed by atoms with Crippen molar-refractivity contribution in [3.05, 3.63) is 41.6 Å². The molecule has 1 aromatic carbocycles. The summed E-state index contributed by atoms with van der Waals surface area (Å²) in [4.78, 5) is 23.4. The molecule has 6 heteroatoms. The van der Waals surface area contributed by atoms with Gasteiger partial charge >= 0.3 is 0 Å². The van der Waals surface area contributed by atoms with E-state index in [2.05, 4.69) is 27.1 Å². The fraction of sp³-hybridized carbons (Fsp3) is 0.450. The van der Waals surface area contributed by atoms with Crippen LogP contribution in [0.2, 0.25) is 0 Å². The van der Waals surface area contributed by atoms with Gasteiger partial charge in [-0.05, 0) is 44.2 Å². The molecule has 138 valence electrons. The Morgan fingerprint density at radius 3 is 2.88 bits per heavy atom. The highest BCUT2D eigenvalue weighted by Gasteiger charge is 2.19. The maximum Gasteiger partial charge on any atom is 0.262 e. The second-order valence-electron chi connectivity index (χ2n) is 6.99. The molecule has 1 aromatic heterocycles. The topological polar surface area (TPSA) is 67.3 Å². The number of piperidine rings is 1. The Morgan fingerprint density at radius 1 is 1.31 bits per heavy atom. The van der Waals surface area contributed by atoms with Gasteiger partial charge in [0.1, 0.15) is 0 Å². The van der Waals surface area contributed by atoms with Crippen molar-refractivity contribution in [3.63, 3.8) is 0 Å². The number of carbonyl (C=O) groups is 1. The molecule has 2 heterocycles. The first-order valence-electron chi connectivity index (χ1n) is 9.10. The number of aromatic nitrogens is 2. The van der Waals surface area contributed by atoms with Gasteiger partial charge in [-0.3, -0.25) is 4.79 Å². The number of ether oxygens (including phenoxy) is 1. The molecule has 1 aliphatic heterocycles. The van der Waals surface area contributed by atoms with Gasteiger partial charge in [0.2, 0.25) is 11.8 Å². The molecule has 0 aliphatic carbocycles. The van der Waals surface area contributed by atoms with Crippen molar-refractivity contribution in [1.29, 1.82) is 0 Å². The number of aryl methyl sites for hydroxylation is 2. The third-order valence-corrected chi connectivity index (χ3v) is 4.53. The summed E-state index contributed by atoms with van der Waals surface area (Å²) in [7, 11) is 0. The number of nitrogens with zero attached hydrogens (tertiary/aromatic N) is 3. The molecule has 1 fully saturated rings. The van der Waals surface area contributed by atoms with Crippen LogP contribution in [0.25, 0.3) is 0 Å². The summed E-state index contributed by atoms with van der Waals surface area (Å²) < 4.78 is 5.63. The minimum absolute atomic E-state index is 0.0827. The van der Waals surface area contributed by atoms with Crippen LogP contribution in [0.15, 0.2) is 30.3 Å². The van der Waals surface area contributed by atoms with Crippen LogP contribution in [0, 0.1) is 19.8 Å². The third-order valence-electron chi connectivity index (χ3n) is 4.53. The molecule has 1 amide bonds. The van der Waals surface area contributed by atoms with Crippen molar-refractivity contribution in [2.45, 2.75) is 33.6 Å². The van der Waals surface area contributed by atoms with Crippen LogP contribution in [-0.2, 0) is 4.79 Å². The van der Waals surface area contributed by atoms with Crippen LogP contribution in [0.1, 0.15) is 31.0 Å². The Kier molecular flexibility index (Phi) is 5.71. The van der Waals surface area contributed by atoms with E-state index in [4.69, 9.17) is 4.74 Å². The predicted octanol–water partition coefficient (Wildman–Crippen LogP) is 3.35. The van der Waals surface area contributed by atoms with E-state index in [0.29, 0.717) is 17.7 Å². The first-order chi connectivity index (χ1) is 12.5. The Bertz CT molecular complexity index is 778. The van der Waals surface area contributed by atoms with Gasteiger partial charge in [0, 0.05) is 30.5 Å². The van der Waals surface area contributed by atoms with Crippen LogP contribution in [0.3, 0.4) is 0 Å². The van der Waals surface area contributed by atoms with Gasteiger partial charge in [-0.25, -0.2) is 4.98 Å². The average molecular weight is 354 g/mol. The second-order valence-corrected chi connectivity index (χ2v) is 6.99. The van der Waals surface area contributed by atoms with E-state index in [0.717, 1.165) is 36.5 Å². The molecular formula is C20H26N4O2. The number of rotatable bonds is 5. The number of anilines is 2. The molecular weight excluding hydrogens is 328 g/mol. The SMILES string of the molecule is Cc1cc(OCC(=O)Nc2ccccc2C)nc(N2CCC[C@@H](C)C2)n1. The van der Waals surface area contributed by atoms with E-state index < -0.39 is 0 Å². The molecule has 1 saturated heterocycles. The van der Waals surface area contributed by atoms with Crippen molar-refractivity contribution in [3.8, 4) is 5.88 Å². The number of amides is 1. The van der Waals surface area contributed by atoms with Gasteiger partial charge in [0.15, 0.2) is 6.61 Å². The van der Waals surface area contributed by atoms with Gasteiger partial charge in [0.05, 0.1) is 0 Å². The maximum atomic E-state index is 12.2.